The summed E-state index contributed by atoms with van der Waals surface area (Å²) in [7, 11) is 0. The molecule has 0 aromatic heterocycles. The standard InChI is InChI=1S/C12H16ClNO/c1-2-6-14(7-8-15)10-11-4-3-5-12(13)9-11/h2-5,9,15H,1,6-8,10H2. The van der Waals surface area contributed by atoms with E-state index in [2.05, 4.69) is 11.5 Å². The summed E-state index contributed by atoms with van der Waals surface area (Å²) < 4.78 is 0. The van der Waals surface area contributed by atoms with Gasteiger partial charge in [0.05, 0.1) is 6.61 Å². The monoisotopic (exact) mass is 225 g/mol. The van der Waals surface area contributed by atoms with Crippen LogP contribution < -0.4 is 0 Å². The Labute approximate surface area is 95.8 Å². The zero-order chi connectivity index (χ0) is 11.1. The minimum Gasteiger partial charge on any atom is -0.395 e. The highest BCUT2D eigenvalue weighted by Crippen LogP contribution is 2.12. The molecule has 0 atom stereocenters. The number of hydrogen-bond acceptors (Lipinski definition) is 2. The maximum Gasteiger partial charge on any atom is 0.0558 e. The van der Waals surface area contributed by atoms with Crippen LogP contribution >= 0.6 is 11.6 Å². The maximum atomic E-state index is 8.89. The molecule has 0 aliphatic carbocycles. The molecule has 0 radical (unpaired) electrons. The van der Waals surface area contributed by atoms with Gasteiger partial charge in [-0.25, -0.2) is 0 Å². The summed E-state index contributed by atoms with van der Waals surface area (Å²) in [6, 6.07) is 7.76. The molecule has 0 saturated carbocycles. The van der Waals surface area contributed by atoms with Crippen molar-refractivity contribution in [3.05, 3.63) is 47.5 Å². The zero-order valence-electron chi connectivity index (χ0n) is 8.69. The molecule has 1 aromatic carbocycles. The molecule has 0 bridgehead atoms. The number of rotatable bonds is 6. The molecule has 3 heteroatoms. The molecule has 82 valence electrons. The van der Waals surface area contributed by atoms with Crippen LogP contribution in [0.15, 0.2) is 36.9 Å². The van der Waals surface area contributed by atoms with Crippen molar-refractivity contribution in [2.45, 2.75) is 6.54 Å². The lowest BCUT2D eigenvalue weighted by Crippen LogP contribution is -2.26. The maximum absolute atomic E-state index is 8.89. The topological polar surface area (TPSA) is 23.5 Å². The largest absolute Gasteiger partial charge is 0.395 e. The van der Waals surface area contributed by atoms with E-state index in [4.69, 9.17) is 16.7 Å². The fraction of sp³-hybridized carbons (Fsp3) is 0.333. The molecule has 0 unspecified atom stereocenters. The van der Waals surface area contributed by atoms with Crippen molar-refractivity contribution in [2.24, 2.45) is 0 Å². The van der Waals surface area contributed by atoms with Crippen LogP contribution in [0.1, 0.15) is 5.56 Å². The number of nitrogens with zero attached hydrogens (tertiary/aromatic N) is 1. The van der Waals surface area contributed by atoms with Crippen LogP contribution in [0.2, 0.25) is 5.02 Å². The summed E-state index contributed by atoms with van der Waals surface area (Å²) in [4.78, 5) is 2.11. The molecule has 0 spiro atoms. The molecular weight excluding hydrogens is 210 g/mol. The first-order valence-electron chi connectivity index (χ1n) is 4.95. The van der Waals surface area contributed by atoms with Crippen LogP contribution in [0.3, 0.4) is 0 Å². The first kappa shape index (κ1) is 12.2. The van der Waals surface area contributed by atoms with Crippen LogP contribution in [-0.2, 0) is 6.54 Å². The van der Waals surface area contributed by atoms with Gasteiger partial charge in [0, 0.05) is 24.7 Å². The van der Waals surface area contributed by atoms with Gasteiger partial charge in [-0.15, -0.1) is 6.58 Å². The highest BCUT2D eigenvalue weighted by Gasteiger charge is 2.03. The first-order valence-corrected chi connectivity index (χ1v) is 5.32. The van der Waals surface area contributed by atoms with E-state index < -0.39 is 0 Å². The quantitative estimate of drug-likeness (QED) is 0.752. The summed E-state index contributed by atoms with van der Waals surface area (Å²) in [6.45, 7) is 6.06. The van der Waals surface area contributed by atoms with Gasteiger partial charge in [-0.05, 0) is 17.7 Å². The van der Waals surface area contributed by atoms with E-state index in [0.717, 1.165) is 23.7 Å². The summed E-state index contributed by atoms with van der Waals surface area (Å²) in [5.74, 6) is 0. The lowest BCUT2D eigenvalue weighted by Gasteiger charge is -2.19. The van der Waals surface area contributed by atoms with Crippen molar-refractivity contribution in [1.29, 1.82) is 0 Å². The van der Waals surface area contributed by atoms with Gasteiger partial charge in [-0.1, -0.05) is 29.8 Å². The molecule has 0 aliphatic heterocycles. The lowest BCUT2D eigenvalue weighted by atomic mass is 10.2. The van der Waals surface area contributed by atoms with Gasteiger partial charge in [0.1, 0.15) is 0 Å². The Kier molecular flexibility index (Phi) is 5.40. The second-order valence-electron chi connectivity index (χ2n) is 3.38. The fourth-order valence-corrected chi connectivity index (χ4v) is 1.67. The number of aliphatic hydroxyl groups is 1. The Morgan fingerprint density at radius 2 is 2.27 bits per heavy atom. The molecule has 0 aliphatic rings. The minimum atomic E-state index is 0.161. The summed E-state index contributed by atoms with van der Waals surface area (Å²) in [6.07, 6.45) is 1.83. The van der Waals surface area contributed by atoms with Gasteiger partial charge in [0.2, 0.25) is 0 Å². The summed E-state index contributed by atoms with van der Waals surface area (Å²) in [5, 5.41) is 9.64. The third-order valence-corrected chi connectivity index (χ3v) is 2.33. The van der Waals surface area contributed by atoms with Crippen LogP contribution in [0, 0.1) is 0 Å². The predicted octanol–water partition coefficient (Wildman–Crippen LogP) is 2.32. The van der Waals surface area contributed by atoms with Crippen molar-refractivity contribution < 1.29 is 5.11 Å². The van der Waals surface area contributed by atoms with Gasteiger partial charge in [0.25, 0.3) is 0 Å². The lowest BCUT2D eigenvalue weighted by molar-refractivity contribution is 0.203. The molecule has 2 nitrogen and oxygen atoms in total. The van der Waals surface area contributed by atoms with Crippen molar-refractivity contribution in [1.82, 2.24) is 4.90 Å². The molecule has 1 aromatic rings. The summed E-state index contributed by atoms with van der Waals surface area (Å²) >= 11 is 5.89. The second kappa shape index (κ2) is 6.62. The predicted molar refractivity (Wildman–Crippen MR) is 64.0 cm³/mol. The minimum absolute atomic E-state index is 0.161. The van der Waals surface area contributed by atoms with E-state index in [1.165, 1.54) is 0 Å². The van der Waals surface area contributed by atoms with Crippen LogP contribution in [0.4, 0.5) is 0 Å². The molecule has 0 amide bonds. The molecule has 1 rings (SSSR count). The molecule has 1 N–H and O–H groups in total. The second-order valence-corrected chi connectivity index (χ2v) is 3.81. The van der Waals surface area contributed by atoms with Crippen molar-refractivity contribution in [3.63, 3.8) is 0 Å². The number of aliphatic hydroxyl groups excluding tert-OH is 1. The van der Waals surface area contributed by atoms with E-state index >= 15 is 0 Å². The number of benzene rings is 1. The van der Waals surface area contributed by atoms with Crippen LogP contribution in [0.5, 0.6) is 0 Å². The summed E-state index contributed by atoms with van der Waals surface area (Å²) in [5.41, 5.74) is 1.15. The first-order chi connectivity index (χ1) is 7.26. The highest BCUT2D eigenvalue weighted by atomic mass is 35.5. The van der Waals surface area contributed by atoms with E-state index in [1.807, 2.05) is 30.3 Å². The van der Waals surface area contributed by atoms with Gasteiger partial charge in [-0.3, -0.25) is 4.90 Å². The molecule has 0 heterocycles. The van der Waals surface area contributed by atoms with Crippen LogP contribution in [-0.4, -0.2) is 29.7 Å². The third-order valence-electron chi connectivity index (χ3n) is 2.10. The normalized spacial score (nSPS) is 10.6. The van der Waals surface area contributed by atoms with Gasteiger partial charge in [-0.2, -0.15) is 0 Å². The Morgan fingerprint density at radius 1 is 1.47 bits per heavy atom. The van der Waals surface area contributed by atoms with Crippen molar-refractivity contribution in [2.75, 3.05) is 19.7 Å². The molecule has 15 heavy (non-hydrogen) atoms. The Hall–Kier alpha value is -0.830. The van der Waals surface area contributed by atoms with E-state index in [1.54, 1.807) is 0 Å². The zero-order valence-corrected chi connectivity index (χ0v) is 9.45. The SMILES string of the molecule is C=CCN(CCO)Cc1cccc(Cl)c1. The van der Waals surface area contributed by atoms with E-state index in [0.29, 0.717) is 6.54 Å². The van der Waals surface area contributed by atoms with Crippen molar-refractivity contribution >= 4 is 11.6 Å². The Balaban J connectivity index is 2.60. The average molecular weight is 226 g/mol. The Morgan fingerprint density at radius 3 is 2.87 bits per heavy atom. The van der Waals surface area contributed by atoms with E-state index in [-0.39, 0.29) is 6.61 Å². The molecule has 0 fully saturated rings. The van der Waals surface area contributed by atoms with Crippen molar-refractivity contribution in [3.8, 4) is 0 Å². The smallest absolute Gasteiger partial charge is 0.0558 e. The van der Waals surface area contributed by atoms with Gasteiger partial charge >= 0.3 is 0 Å². The van der Waals surface area contributed by atoms with E-state index in [9.17, 15) is 0 Å². The van der Waals surface area contributed by atoms with Gasteiger partial charge in [0.15, 0.2) is 0 Å². The average Bonchev–Trinajstić information content (AvgIpc) is 2.18. The number of hydrogen-bond donors (Lipinski definition) is 1. The fourth-order valence-electron chi connectivity index (χ4n) is 1.45. The number of halogens is 1. The van der Waals surface area contributed by atoms with Gasteiger partial charge < -0.3 is 5.11 Å². The highest BCUT2D eigenvalue weighted by molar-refractivity contribution is 6.30. The Bertz CT molecular complexity index is 314. The van der Waals surface area contributed by atoms with Crippen LogP contribution in [0.25, 0.3) is 0 Å². The molecular formula is C12H16ClNO. The molecule has 0 saturated heterocycles. The third kappa shape index (κ3) is 4.47.